The van der Waals surface area contributed by atoms with Crippen molar-refractivity contribution in [1.29, 1.82) is 5.26 Å². The molecule has 0 aliphatic heterocycles. The Morgan fingerprint density at radius 1 is 1.40 bits per heavy atom. The summed E-state index contributed by atoms with van der Waals surface area (Å²) >= 11 is 0. The molecule has 0 spiro atoms. The molecule has 1 aliphatic rings. The number of hydrogen-bond donors (Lipinski definition) is 0. The average Bonchev–Trinajstić information content (AvgIpc) is 2.26. The Balaban J connectivity index is 2.63. The van der Waals surface area contributed by atoms with Crippen LogP contribution in [0.4, 0.5) is 0 Å². The Morgan fingerprint density at radius 2 is 2.07 bits per heavy atom. The number of rotatable bonds is 4. The third-order valence-electron chi connectivity index (χ3n) is 4.16. The summed E-state index contributed by atoms with van der Waals surface area (Å²) in [5.41, 5.74) is 0.0222. The zero-order valence-electron chi connectivity index (χ0n) is 10.6. The van der Waals surface area contributed by atoms with Crippen molar-refractivity contribution in [3.63, 3.8) is 0 Å². The molecule has 1 nitrogen and oxygen atoms in total. The number of nitrogens with zero attached hydrogens (tertiary/aromatic N) is 1. The molecule has 0 heterocycles. The van der Waals surface area contributed by atoms with Crippen LogP contribution in [0.3, 0.4) is 0 Å². The van der Waals surface area contributed by atoms with E-state index in [1.165, 1.54) is 25.7 Å². The van der Waals surface area contributed by atoms with Gasteiger partial charge in [0.1, 0.15) is 0 Å². The van der Waals surface area contributed by atoms with Gasteiger partial charge in [0.2, 0.25) is 0 Å². The summed E-state index contributed by atoms with van der Waals surface area (Å²) in [4.78, 5) is 0. The van der Waals surface area contributed by atoms with Gasteiger partial charge >= 0.3 is 0 Å². The van der Waals surface area contributed by atoms with Crippen LogP contribution in [0.15, 0.2) is 0 Å². The summed E-state index contributed by atoms with van der Waals surface area (Å²) in [6.45, 7) is 6.81. The Morgan fingerprint density at radius 3 is 2.53 bits per heavy atom. The molecular weight excluding hydrogens is 182 g/mol. The van der Waals surface area contributed by atoms with Crippen molar-refractivity contribution in [3.8, 4) is 6.07 Å². The molecule has 0 aromatic rings. The van der Waals surface area contributed by atoms with Gasteiger partial charge in [0.15, 0.2) is 0 Å². The van der Waals surface area contributed by atoms with E-state index in [0.717, 1.165) is 31.1 Å². The molecule has 0 saturated heterocycles. The fraction of sp³-hybridized carbons (Fsp3) is 0.929. The maximum absolute atomic E-state index is 9.45. The minimum atomic E-state index is 0.0222. The van der Waals surface area contributed by atoms with Crippen molar-refractivity contribution in [3.05, 3.63) is 0 Å². The molecule has 0 bridgehead atoms. The maximum Gasteiger partial charge on any atom is 0.0689 e. The van der Waals surface area contributed by atoms with Crippen molar-refractivity contribution >= 4 is 0 Å². The van der Waals surface area contributed by atoms with E-state index in [4.69, 9.17) is 0 Å². The zero-order chi connectivity index (χ0) is 11.3. The quantitative estimate of drug-likeness (QED) is 0.664. The largest absolute Gasteiger partial charge is 0.198 e. The van der Waals surface area contributed by atoms with Gasteiger partial charge in [0.25, 0.3) is 0 Å². The van der Waals surface area contributed by atoms with Gasteiger partial charge in [-0.3, -0.25) is 0 Å². The second-order valence-corrected chi connectivity index (χ2v) is 5.48. The molecule has 0 aromatic heterocycles. The molecular formula is C14H25N. The minimum Gasteiger partial charge on any atom is -0.198 e. The van der Waals surface area contributed by atoms with Crippen LogP contribution in [0.25, 0.3) is 0 Å². The topological polar surface area (TPSA) is 23.8 Å². The highest BCUT2D eigenvalue weighted by Gasteiger charge is 2.36. The molecule has 0 radical (unpaired) electrons. The lowest BCUT2D eigenvalue weighted by molar-refractivity contribution is 0.165. The van der Waals surface area contributed by atoms with E-state index < -0.39 is 0 Å². The van der Waals surface area contributed by atoms with E-state index in [1.807, 2.05) is 0 Å². The summed E-state index contributed by atoms with van der Waals surface area (Å²) in [7, 11) is 0. The highest BCUT2D eigenvalue weighted by molar-refractivity contribution is 5.02. The zero-order valence-corrected chi connectivity index (χ0v) is 10.6. The first kappa shape index (κ1) is 12.6. The average molecular weight is 207 g/mol. The molecule has 1 aliphatic carbocycles. The van der Waals surface area contributed by atoms with Crippen LogP contribution in [0, 0.1) is 28.6 Å². The van der Waals surface area contributed by atoms with Gasteiger partial charge in [0, 0.05) is 0 Å². The van der Waals surface area contributed by atoms with Crippen LogP contribution in [0.5, 0.6) is 0 Å². The SMILES string of the molecule is CCC(CC)CC1(C#N)CCCC(C)C1. The van der Waals surface area contributed by atoms with Gasteiger partial charge in [-0.2, -0.15) is 5.26 Å². The monoisotopic (exact) mass is 207 g/mol. The molecule has 1 saturated carbocycles. The van der Waals surface area contributed by atoms with Crippen LogP contribution >= 0.6 is 0 Å². The van der Waals surface area contributed by atoms with Gasteiger partial charge in [0.05, 0.1) is 11.5 Å². The van der Waals surface area contributed by atoms with Gasteiger partial charge in [-0.25, -0.2) is 0 Å². The fourth-order valence-electron chi connectivity index (χ4n) is 3.12. The third kappa shape index (κ3) is 3.23. The lowest BCUT2D eigenvalue weighted by atomic mass is 9.66. The lowest BCUT2D eigenvalue weighted by Crippen LogP contribution is -2.28. The Kier molecular flexibility index (Phi) is 4.64. The minimum absolute atomic E-state index is 0.0222. The first-order valence-electron chi connectivity index (χ1n) is 6.57. The molecule has 2 unspecified atom stereocenters. The molecule has 1 fully saturated rings. The summed E-state index contributed by atoms with van der Waals surface area (Å²) in [5.74, 6) is 1.52. The predicted molar refractivity (Wildman–Crippen MR) is 64.4 cm³/mol. The maximum atomic E-state index is 9.45. The molecule has 15 heavy (non-hydrogen) atoms. The second-order valence-electron chi connectivity index (χ2n) is 5.48. The molecule has 1 heteroatoms. The summed E-state index contributed by atoms with van der Waals surface area (Å²) in [5, 5.41) is 9.45. The van der Waals surface area contributed by atoms with E-state index in [0.29, 0.717) is 0 Å². The smallest absolute Gasteiger partial charge is 0.0689 e. The van der Waals surface area contributed by atoms with Gasteiger partial charge in [-0.15, -0.1) is 0 Å². The molecule has 1 rings (SSSR count). The summed E-state index contributed by atoms with van der Waals surface area (Å²) in [6.07, 6.45) is 8.47. The third-order valence-corrected chi connectivity index (χ3v) is 4.16. The molecule has 2 atom stereocenters. The van der Waals surface area contributed by atoms with Crippen molar-refractivity contribution in [2.45, 2.75) is 65.7 Å². The normalized spacial score (nSPS) is 31.5. The van der Waals surface area contributed by atoms with Gasteiger partial charge in [-0.1, -0.05) is 46.5 Å². The lowest BCUT2D eigenvalue weighted by Gasteiger charge is -2.36. The van der Waals surface area contributed by atoms with E-state index in [1.54, 1.807) is 0 Å². The van der Waals surface area contributed by atoms with Crippen LogP contribution < -0.4 is 0 Å². The Labute approximate surface area is 94.9 Å². The van der Waals surface area contributed by atoms with Crippen molar-refractivity contribution in [2.24, 2.45) is 17.3 Å². The van der Waals surface area contributed by atoms with Crippen LogP contribution in [0.1, 0.15) is 65.7 Å². The van der Waals surface area contributed by atoms with Crippen LogP contribution in [-0.2, 0) is 0 Å². The molecule has 86 valence electrons. The van der Waals surface area contributed by atoms with E-state index >= 15 is 0 Å². The second kappa shape index (κ2) is 5.54. The summed E-state index contributed by atoms with van der Waals surface area (Å²) < 4.78 is 0. The fourth-order valence-corrected chi connectivity index (χ4v) is 3.12. The highest BCUT2D eigenvalue weighted by Crippen LogP contribution is 2.44. The van der Waals surface area contributed by atoms with Crippen molar-refractivity contribution in [1.82, 2.24) is 0 Å². The van der Waals surface area contributed by atoms with E-state index in [9.17, 15) is 5.26 Å². The molecule has 0 amide bonds. The van der Waals surface area contributed by atoms with Crippen LogP contribution in [0.2, 0.25) is 0 Å². The van der Waals surface area contributed by atoms with E-state index in [-0.39, 0.29) is 5.41 Å². The number of nitriles is 1. The van der Waals surface area contributed by atoms with Crippen LogP contribution in [-0.4, -0.2) is 0 Å². The Hall–Kier alpha value is -0.510. The highest BCUT2D eigenvalue weighted by atomic mass is 14.4. The number of hydrogen-bond acceptors (Lipinski definition) is 1. The standard InChI is InChI=1S/C14H25N/c1-4-13(5-2)10-14(11-15)8-6-7-12(3)9-14/h12-13H,4-10H2,1-3H3. The molecule has 0 N–H and O–H groups in total. The van der Waals surface area contributed by atoms with Gasteiger partial charge in [-0.05, 0) is 31.1 Å². The molecule has 0 aromatic carbocycles. The first-order chi connectivity index (χ1) is 7.15. The van der Waals surface area contributed by atoms with Gasteiger partial charge < -0.3 is 0 Å². The van der Waals surface area contributed by atoms with Crippen molar-refractivity contribution in [2.75, 3.05) is 0 Å². The van der Waals surface area contributed by atoms with E-state index in [2.05, 4.69) is 26.8 Å². The predicted octanol–water partition coefficient (Wildman–Crippen LogP) is 4.53. The summed E-state index contributed by atoms with van der Waals surface area (Å²) in [6, 6.07) is 2.65. The van der Waals surface area contributed by atoms with Crippen molar-refractivity contribution < 1.29 is 0 Å². The first-order valence-corrected chi connectivity index (χ1v) is 6.57. The Bertz CT molecular complexity index is 224.